The molecule has 0 N–H and O–H groups in total. The number of rotatable bonds is 4. The van der Waals surface area contributed by atoms with Gasteiger partial charge in [0.1, 0.15) is 0 Å². The predicted octanol–water partition coefficient (Wildman–Crippen LogP) is 3.54. The Labute approximate surface area is 104 Å². The second-order valence-electron chi connectivity index (χ2n) is 3.03. The molecular formula is C13H13BrO2. The van der Waals surface area contributed by atoms with Crippen molar-refractivity contribution in [2.45, 2.75) is 6.92 Å². The Morgan fingerprint density at radius 1 is 1.31 bits per heavy atom. The van der Waals surface area contributed by atoms with E-state index in [0.29, 0.717) is 6.61 Å². The second-order valence-corrected chi connectivity index (χ2v) is 3.94. The van der Waals surface area contributed by atoms with Gasteiger partial charge < -0.3 is 4.74 Å². The van der Waals surface area contributed by atoms with E-state index in [1.54, 1.807) is 13.0 Å². The first kappa shape index (κ1) is 12.7. The number of hydrogen-bond acceptors (Lipinski definition) is 2. The molecule has 3 heteroatoms. The van der Waals surface area contributed by atoms with Crippen molar-refractivity contribution in [3.8, 4) is 0 Å². The standard InChI is InChI=1S/C13H13BrO2/c1-2-16-13(15)9-8-12(14)10-11-6-4-3-5-7-11/h3-10H,2H2,1H3/b9-8+,12-10+. The maximum absolute atomic E-state index is 11.0. The molecule has 84 valence electrons. The van der Waals surface area contributed by atoms with E-state index in [-0.39, 0.29) is 5.97 Å². The van der Waals surface area contributed by atoms with Crippen LogP contribution in [0.3, 0.4) is 0 Å². The van der Waals surface area contributed by atoms with Crippen LogP contribution in [0.4, 0.5) is 0 Å². The summed E-state index contributed by atoms with van der Waals surface area (Å²) in [4.78, 5) is 11.0. The van der Waals surface area contributed by atoms with Crippen LogP contribution < -0.4 is 0 Å². The number of halogens is 1. The summed E-state index contributed by atoms with van der Waals surface area (Å²) in [7, 11) is 0. The molecule has 0 radical (unpaired) electrons. The van der Waals surface area contributed by atoms with Gasteiger partial charge in [0.2, 0.25) is 0 Å². The molecule has 16 heavy (non-hydrogen) atoms. The highest BCUT2D eigenvalue weighted by molar-refractivity contribution is 9.12. The predicted molar refractivity (Wildman–Crippen MR) is 69.1 cm³/mol. The summed E-state index contributed by atoms with van der Waals surface area (Å²) in [6.07, 6.45) is 4.99. The zero-order valence-corrected chi connectivity index (χ0v) is 10.6. The monoisotopic (exact) mass is 280 g/mol. The van der Waals surface area contributed by atoms with E-state index >= 15 is 0 Å². The van der Waals surface area contributed by atoms with Crippen molar-refractivity contribution in [1.29, 1.82) is 0 Å². The third-order valence-corrected chi connectivity index (χ3v) is 2.26. The van der Waals surface area contributed by atoms with Gasteiger partial charge in [-0.1, -0.05) is 46.3 Å². The summed E-state index contributed by atoms with van der Waals surface area (Å²) in [5.41, 5.74) is 1.07. The summed E-state index contributed by atoms with van der Waals surface area (Å²) in [6, 6.07) is 9.85. The topological polar surface area (TPSA) is 26.3 Å². The summed E-state index contributed by atoms with van der Waals surface area (Å²) in [6.45, 7) is 2.17. The van der Waals surface area contributed by atoms with Crippen LogP contribution in [0.1, 0.15) is 12.5 Å². The lowest BCUT2D eigenvalue weighted by molar-refractivity contribution is -0.137. The third-order valence-electron chi connectivity index (χ3n) is 1.77. The molecule has 1 aromatic carbocycles. The minimum atomic E-state index is -0.332. The molecule has 0 aliphatic carbocycles. The molecule has 0 bridgehead atoms. The van der Waals surface area contributed by atoms with Crippen LogP contribution in [-0.4, -0.2) is 12.6 Å². The van der Waals surface area contributed by atoms with Crippen LogP contribution in [0.2, 0.25) is 0 Å². The average molecular weight is 281 g/mol. The quantitative estimate of drug-likeness (QED) is 0.479. The number of hydrogen-bond donors (Lipinski definition) is 0. The largest absolute Gasteiger partial charge is 0.463 e. The number of ether oxygens (including phenoxy) is 1. The molecule has 0 aliphatic rings. The lowest BCUT2D eigenvalue weighted by Crippen LogP contribution is -1.98. The maximum Gasteiger partial charge on any atom is 0.330 e. The van der Waals surface area contributed by atoms with Crippen LogP contribution in [-0.2, 0) is 9.53 Å². The highest BCUT2D eigenvalue weighted by Crippen LogP contribution is 2.13. The molecule has 0 spiro atoms. The van der Waals surface area contributed by atoms with Crippen molar-refractivity contribution in [2.75, 3.05) is 6.61 Å². The van der Waals surface area contributed by atoms with Crippen LogP contribution in [0, 0.1) is 0 Å². The first-order valence-corrected chi connectivity index (χ1v) is 5.78. The molecule has 0 saturated carbocycles. The smallest absolute Gasteiger partial charge is 0.330 e. The molecule has 2 nitrogen and oxygen atoms in total. The molecule has 0 aromatic heterocycles. The van der Waals surface area contributed by atoms with Crippen molar-refractivity contribution in [3.05, 3.63) is 52.5 Å². The van der Waals surface area contributed by atoms with Crippen LogP contribution in [0.5, 0.6) is 0 Å². The van der Waals surface area contributed by atoms with Gasteiger partial charge in [0, 0.05) is 10.6 Å². The highest BCUT2D eigenvalue weighted by atomic mass is 79.9. The molecule has 0 heterocycles. The molecule has 0 saturated heterocycles. The number of allylic oxidation sites excluding steroid dienone is 2. The first-order chi connectivity index (χ1) is 7.72. The molecule has 0 aliphatic heterocycles. The minimum Gasteiger partial charge on any atom is -0.463 e. The Bertz CT molecular complexity index is 394. The Balaban J connectivity index is 2.62. The Hall–Kier alpha value is -1.35. The normalized spacial score (nSPS) is 11.8. The molecule has 0 atom stereocenters. The summed E-state index contributed by atoms with van der Waals surface area (Å²) < 4.78 is 5.59. The van der Waals surface area contributed by atoms with Gasteiger partial charge in [0.15, 0.2) is 0 Å². The van der Waals surface area contributed by atoms with Crippen molar-refractivity contribution < 1.29 is 9.53 Å². The lowest BCUT2D eigenvalue weighted by Gasteiger charge is -1.95. The van der Waals surface area contributed by atoms with Gasteiger partial charge in [-0.3, -0.25) is 0 Å². The minimum absolute atomic E-state index is 0.332. The van der Waals surface area contributed by atoms with Crippen molar-refractivity contribution >= 4 is 28.0 Å². The van der Waals surface area contributed by atoms with Crippen molar-refractivity contribution in [1.82, 2.24) is 0 Å². The van der Waals surface area contributed by atoms with Gasteiger partial charge in [-0.25, -0.2) is 4.79 Å². The molecule has 0 amide bonds. The Morgan fingerprint density at radius 2 is 2.00 bits per heavy atom. The molecular weight excluding hydrogens is 268 g/mol. The summed E-state index contributed by atoms with van der Waals surface area (Å²) >= 11 is 3.36. The maximum atomic E-state index is 11.0. The van der Waals surface area contributed by atoms with Crippen LogP contribution >= 0.6 is 15.9 Å². The average Bonchev–Trinajstić information content (AvgIpc) is 2.28. The fourth-order valence-electron chi connectivity index (χ4n) is 1.09. The highest BCUT2D eigenvalue weighted by Gasteiger charge is 1.94. The molecule has 1 rings (SSSR count). The van der Waals surface area contributed by atoms with Gasteiger partial charge >= 0.3 is 5.97 Å². The SMILES string of the molecule is CCOC(=O)/C=C/C(Br)=C\c1ccccc1. The van der Waals surface area contributed by atoms with Gasteiger partial charge in [0.25, 0.3) is 0 Å². The van der Waals surface area contributed by atoms with E-state index < -0.39 is 0 Å². The first-order valence-electron chi connectivity index (χ1n) is 4.99. The number of benzene rings is 1. The van der Waals surface area contributed by atoms with Crippen molar-refractivity contribution in [3.63, 3.8) is 0 Å². The van der Waals surface area contributed by atoms with E-state index in [1.165, 1.54) is 6.08 Å². The van der Waals surface area contributed by atoms with E-state index in [0.717, 1.165) is 10.0 Å². The molecule has 0 unspecified atom stereocenters. The van der Waals surface area contributed by atoms with E-state index in [2.05, 4.69) is 15.9 Å². The van der Waals surface area contributed by atoms with Crippen molar-refractivity contribution in [2.24, 2.45) is 0 Å². The lowest BCUT2D eigenvalue weighted by atomic mass is 10.2. The van der Waals surface area contributed by atoms with Crippen LogP contribution in [0.25, 0.3) is 6.08 Å². The fraction of sp³-hybridized carbons (Fsp3) is 0.154. The molecule has 0 fully saturated rings. The number of carbonyl (C=O) groups excluding carboxylic acids is 1. The number of esters is 1. The zero-order valence-electron chi connectivity index (χ0n) is 9.02. The Kier molecular flexibility index (Phi) is 5.57. The van der Waals surface area contributed by atoms with Gasteiger partial charge in [-0.15, -0.1) is 0 Å². The summed E-state index contributed by atoms with van der Waals surface area (Å²) in [5.74, 6) is -0.332. The third kappa shape index (κ3) is 4.94. The van der Waals surface area contributed by atoms with E-state index in [9.17, 15) is 4.79 Å². The Morgan fingerprint density at radius 3 is 2.62 bits per heavy atom. The summed E-state index contributed by atoms with van der Waals surface area (Å²) in [5, 5.41) is 0. The van der Waals surface area contributed by atoms with Gasteiger partial charge in [0.05, 0.1) is 6.61 Å². The fourth-order valence-corrected chi connectivity index (χ4v) is 1.49. The zero-order chi connectivity index (χ0) is 11.8. The molecule has 1 aromatic rings. The van der Waals surface area contributed by atoms with E-state index in [4.69, 9.17) is 4.74 Å². The number of carbonyl (C=O) groups is 1. The van der Waals surface area contributed by atoms with Crippen LogP contribution in [0.15, 0.2) is 47.0 Å². The van der Waals surface area contributed by atoms with Gasteiger partial charge in [-0.2, -0.15) is 0 Å². The second kappa shape index (κ2) is 7.01. The van der Waals surface area contributed by atoms with Gasteiger partial charge in [-0.05, 0) is 24.6 Å². The van der Waals surface area contributed by atoms with E-state index in [1.807, 2.05) is 36.4 Å².